The van der Waals surface area contributed by atoms with Crippen molar-refractivity contribution in [3.63, 3.8) is 0 Å². The molecule has 2 rings (SSSR count). The van der Waals surface area contributed by atoms with Crippen molar-refractivity contribution in [2.24, 2.45) is 0 Å². The van der Waals surface area contributed by atoms with E-state index in [0.717, 1.165) is 16.8 Å². The van der Waals surface area contributed by atoms with Gasteiger partial charge in [-0.2, -0.15) is 0 Å². The van der Waals surface area contributed by atoms with Crippen LogP contribution in [0.15, 0.2) is 42.5 Å². The Bertz CT molecular complexity index is 729. The third kappa shape index (κ3) is 7.29. The second-order valence-corrected chi connectivity index (χ2v) is 6.40. The number of rotatable bonds is 10. The first-order valence-electron chi connectivity index (χ1n) is 9.11. The molecule has 0 aliphatic rings. The molecule has 0 aromatic heterocycles. The van der Waals surface area contributed by atoms with Crippen LogP contribution in [0, 0.1) is 6.92 Å². The molecule has 2 aromatic carbocycles. The quantitative estimate of drug-likeness (QED) is 0.598. The van der Waals surface area contributed by atoms with Gasteiger partial charge in [0.25, 0.3) is 5.91 Å². The normalized spacial score (nSPS) is 11.7. The number of aliphatic hydroxyl groups excluding tert-OH is 1. The molecule has 1 amide bonds. The second-order valence-electron chi connectivity index (χ2n) is 6.40. The van der Waals surface area contributed by atoms with E-state index in [2.05, 4.69) is 10.6 Å². The summed E-state index contributed by atoms with van der Waals surface area (Å²) in [6, 6.07) is 13.2. The third-order valence-electron chi connectivity index (χ3n) is 3.77. The summed E-state index contributed by atoms with van der Waals surface area (Å²) in [5.74, 6) is 0.885. The molecule has 0 aliphatic carbocycles. The highest BCUT2D eigenvalue weighted by Gasteiger charge is 2.10. The number of hydrogen-bond acceptors (Lipinski definition) is 5. The SMILES string of the molecule is CCOc1cc(CNCC(C)O)ccc1OCC(=O)Nc1ccc(C)cc1. The van der Waals surface area contributed by atoms with Gasteiger partial charge in [0.2, 0.25) is 0 Å². The van der Waals surface area contributed by atoms with Gasteiger partial charge in [0.15, 0.2) is 18.1 Å². The Morgan fingerprint density at radius 1 is 1.11 bits per heavy atom. The van der Waals surface area contributed by atoms with Crippen molar-refractivity contribution >= 4 is 11.6 Å². The summed E-state index contributed by atoms with van der Waals surface area (Å²) in [4.78, 5) is 12.1. The van der Waals surface area contributed by atoms with E-state index < -0.39 is 6.10 Å². The van der Waals surface area contributed by atoms with Crippen LogP contribution in [0.2, 0.25) is 0 Å². The number of aliphatic hydroxyl groups is 1. The number of aryl methyl sites for hydroxylation is 1. The van der Waals surface area contributed by atoms with Gasteiger partial charge < -0.3 is 25.2 Å². The number of amides is 1. The van der Waals surface area contributed by atoms with Crippen LogP contribution in [-0.2, 0) is 11.3 Å². The van der Waals surface area contributed by atoms with Crippen molar-refractivity contribution in [3.05, 3.63) is 53.6 Å². The zero-order chi connectivity index (χ0) is 19.6. The van der Waals surface area contributed by atoms with Crippen LogP contribution in [0.4, 0.5) is 5.69 Å². The van der Waals surface area contributed by atoms with Crippen LogP contribution in [0.1, 0.15) is 25.0 Å². The minimum absolute atomic E-state index is 0.104. The average molecular weight is 372 g/mol. The van der Waals surface area contributed by atoms with Crippen LogP contribution < -0.4 is 20.1 Å². The summed E-state index contributed by atoms with van der Waals surface area (Å²) < 4.78 is 11.3. The van der Waals surface area contributed by atoms with Crippen LogP contribution in [-0.4, -0.2) is 36.9 Å². The van der Waals surface area contributed by atoms with Gasteiger partial charge in [0.05, 0.1) is 12.7 Å². The minimum atomic E-state index is -0.397. The highest BCUT2D eigenvalue weighted by Crippen LogP contribution is 2.28. The molecule has 0 heterocycles. The van der Waals surface area contributed by atoms with E-state index in [-0.39, 0.29) is 12.5 Å². The van der Waals surface area contributed by atoms with E-state index in [1.807, 2.05) is 50.2 Å². The van der Waals surface area contributed by atoms with Crippen LogP contribution >= 0.6 is 0 Å². The smallest absolute Gasteiger partial charge is 0.262 e. The summed E-state index contributed by atoms with van der Waals surface area (Å²) in [6.45, 7) is 7.14. The predicted molar refractivity (Wildman–Crippen MR) is 106 cm³/mol. The maximum Gasteiger partial charge on any atom is 0.262 e. The first kappa shape index (κ1) is 20.7. The fraction of sp³-hybridized carbons (Fsp3) is 0.381. The number of nitrogens with one attached hydrogen (secondary N) is 2. The van der Waals surface area contributed by atoms with Gasteiger partial charge in [0, 0.05) is 18.8 Å². The van der Waals surface area contributed by atoms with Gasteiger partial charge in [-0.3, -0.25) is 4.79 Å². The maximum absolute atomic E-state index is 12.1. The Kier molecular flexibility index (Phi) is 8.10. The van der Waals surface area contributed by atoms with Gasteiger partial charge in [-0.25, -0.2) is 0 Å². The standard InChI is InChI=1S/C21H28N2O4/c1-4-26-20-11-17(13-22-12-16(3)24)7-10-19(20)27-14-21(25)23-18-8-5-15(2)6-9-18/h5-11,16,22,24H,4,12-14H2,1-3H3,(H,23,25). The lowest BCUT2D eigenvalue weighted by Crippen LogP contribution is -2.23. The summed E-state index contributed by atoms with van der Waals surface area (Å²) in [7, 11) is 0. The van der Waals surface area contributed by atoms with E-state index in [9.17, 15) is 9.90 Å². The third-order valence-corrected chi connectivity index (χ3v) is 3.77. The molecule has 2 aromatic rings. The van der Waals surface area contributed by atoms with Gasteiger partial charge in [0.1, 0.15) is 0 Å². The van der Waals surface area contributed by atoms with Crippen molar-refractivity contribution < 1.29 is 19.4 Å². The van der Waals surface area contributed by atoms with Crippen molar-refractivity contribution in [3.8, 4) is 11.5 Å². The van der Waals surface area contributed by atoms with Gasteiger partial charge in [-0.1, -0.05) is 23.8 Å². The fourth-order valence-corrected chi connectivity index (χ4v) is 2.45. The number of ether oxygens (including phenoxy) is 2. The Morgan fingerprint density at radius 3 is 2.52 bits per heavy atom. The van der Waals surface area contributed by atoms with E-state index in [1.165, 1.54) is 0 Å². The summed E-state index contributed by atoms with van der Waals surface area (Å²) in [5.41, 5.74) is 2.88. The molecule has 6 nitrogen and oxygen atoms in total. The molecule has 27 heavy (non-hydrogen) atoms. The Labute approximate surface area is 160 Å². The van der Waals surface area contributed by atoms with Crippen LogP contribution in [0.3, 0.4) is 0 Å². The first-order valence-corrected chi connectivity index (χ1v) is 9.11. The number of carbonyl (C=O) groups is 1. The molecular formula is C21H28N2O4. The molecule has 0 saturated heterocycles. The number of benzene rings is 2. The molecular weight excluding hydrogens is 344 g/mol. The van der Waals surface area contributed by atoms with Crippen molar-refractivity contribution in [2.45, 2.75) is 33.4 Å². The topological polar surface area (TPSA) is 79.8 Å². The molecule has 146 valence electrons. The molecule has 0 radical (unpaired) electrons. The molecule has 1 atom stereocenters. The molecule has 0 fully saturated rings. The Morgan fingerprint density at radius 2 is 1.85 bits per heavy atom. The van der Waals surface area contributed by atoms with Crippen LogP contribution in [0.5, 0.6) is 11.5 Å². The monoisotopic (exact) mass is 372 g/mol. The molecule has 3 N–H and O–H groups in total. The van der Waals surface area contributed by atoms with Gasteiger partial charge >= 0.3 is 0 Å². The van der Waals surface area contributed by atoms with Crippen molar-refractivity contribution in [1.29, 1.82) is 0 Å². The minimum Gasteiger partial charge on any atom is -0.490 e. The van der Waals surface area contributed by atoms with Crippen molar-refractivity contribution in [1.82, 2.24) is 5.32 Å². The number of anilines is 1. The van der Waals surface area contributed by atoms with E-state index >= 15 is 0 Å². The average Bonchev–Trinajstić information content (AvgIpc) is 2.63. The molecule has 0 bridgehead atoms. The van der Waals surface area contributed by atoms with E-state index in [0.29, 0.717) is 31.2 Å². The lowest BCUT2D eigenvalue weighted by molar-refractivity contribution is -0.118. The molecule has 0 spiro atoms. The summed E-state index contributed by atoms with van der Waals surface area (Å²) in [6.07, 6.45) is -0.397. The van der Waals surface area contributed by atoms with Crippen molar-refractivity contribution in [2.75, 3.05) is 25.1 Å². The summed E-state index contributed by atoms with van der Waals surface area (Å²) in [5, 5.41) is 15.3. The highest BCUT2D eigenvalue weighted by atomic mass is 16.5. The number of carbonyl (C=O) groups excluding carboxylic acids is 1. The number of hydrogen-bond donors (Lipinski definition) is 3. The molecule has 0 saturated carbocycles. The highest BCUT2D eigenvalue weighted by molar-refractivity contribution is 5.91. The van der Waals surface area contributed by atoms with Crippen LogP contribution in [0.25, 0.3) is 0 Å². The first-order chi connectivity index (χ1) is 13.0. The fourth-order valence-electron chi connectivity index (χ4n) is 2.45. The molecule has 1 unspecified atom stereocenters. The van der Waals surface area contributed by atoms with E-state index in [4.69, 9.17) is 9.47 Å². The van der Waals surface area contributed by atoms with Gasteiger partial charge in [-0.05, 0) is 50.6 Å². The predicted octanol–water partition coefficient (Wildman–Crippen LogP) is 2.88. The second kappa shape index (κ2) is 10.5. The molecule has 6 heteroatoms. The zero-order valence-corrected chi connectivity index (χ0v) is 16.1. The lowest BCUT2D eigenvalue weighted by Gasteiger charge is -2.14. The largest absolute Gasteiger partial charge is 0.490 e. The Hall–Kier alpha value is -2.57. The lowest BCUT2D eigenvalue weighted by atomic mass is 10.2. The van der Waals surface area contributed by atoms with E-state index in [1.54, 1.807) is 13.0 Å². The maximum atomic E-state index is 12.1. The molecule has 0 aliphatic heterocycles. The zero-order valence-electron chi connectivity index (χ0n) is 16.1. The Balaban J connectivity index is 1.93. The summed E-state index contributed by atoms with van der Waals surface area (Å²) >= 11 is 0. The van der Waals surface area contributed by atoms with Gasteiger partial charge in [-0.15, -0.1) is 0 Å².